The Labute approximate surface area is 231 Å². The lowest BCUT2D eigenvalue weighted by Crippen LogP contribution is -2.43. The highest BCUT2D eigenvalue weighted by atomic mass is 35.5. The van der Waals surface area contributed by atoms with E-state index in [-0.39, 0.29) is 23.6 Å². The van der Waals surface area contributed by atoms with E-state index >= 15 is 4.39 Å². The first-order valence-electron chi connectivity index (χ1n) is 12.9. The number of benzene rings is 2. The second-order valence-corrected chi connectivity index (χ2v) is 10.9. The smallest absolute Gasteiger partial charge is 0.408 e. The molecule has 38 heavy (non-hydrogen) atoms. The number of hydrogen-bond acceptors (Lipinski definition) is 6. The molecule has 2 aliphatic rings. The number of aliphatic hydroxyl groups is 2. The number of rotatable bonds is 9. The second kappa shape index (κ2) is 12.6. The fourth-order valence-corrected chi connectivity index (χ4v) is 6.20. The highest BCUT2D eigenvalue weighted by Gasteiger charge is 2.59. The Kier molecular flexibility index (Phi) is 9.50. The van der Waals surface area contributed by atoms with Crippen molar-refractivity contribution < 1.29 is 24.1 Å². The maximum Gasteiger partial charge on any atom is 0.408 e. The molecule has 1 amide bonds. The number of amides is 1. The summed E-state index contributed by atoms with van der Waals surface area (Å²) in [5, 5.41) is 35.8. The molecule has 4 rings (SSSR count). The highest BCUT2D eigenvalue weighted by Crippen LogP contribution is 2.52. The van der Waals surface area contributed by atoms with E-state index < -0.39 is 48.2 Å². The quantitative estimate of drug-likeness (QED) is 0.340. The molecule has 2 aromatic carbocycles. The molecule has 1 heterocycles. The summed E-state index contributed by atoms with van der Waals surface area (Å²) in [5.41, 5.74) is -0.484. The summed E-state index contributed by atoms with van der Waals surface area (Å²) in [6, 6.07) is 13.6. The number of hydrogen-bond donors (Lipinski definition) is 4. The molecule has 2 fully saturated rings. The lowest BCUT2D eigenvalue weighted by molar-refractivity contribution is 0.0687. The molecule has 7 nitrogen and oxygen atoms in total. The van der Waals surface area contributed by atoms with Crippen LogP contribution in [0.3, 0.4) is 0 Å². The SMILES string of the molecule is N#C[C@]1(c2ccc(Cl)cc2)[C@H](CC2CCCC2)N[C@H](OC(=O)NCC[C@H](O)CO)[C@@H]1c1cccc(Cl)c1F. The molecule has 204 valence electrons. The van der Waals surface area contributed by atoms with Crippen LogP contribution in [-0.2, 0) is 10.2 Å². The minimum absolute atomic E-state index is 0.0650. The number of alkyl carbamates (subject to hydrolysis) is 1. The normalized spacial score (nSPS) is 26.2. The van der Waals surface area contributed by atoms with Gasteiger partial charge in [0.25, 0.3) is 0 Å². The Balaban J connectivity index is 1.76. The first-order valence-corrected chi connectivity index (χ1v) is 13.7. The zero-order valence-electron chi connectivity index (χ0n) is 20.9. The Morgan fingerprint density at radius 2 is 1.95 bits per heavy atom. The van der Waals surface area contributed by atoms with Gasteiger partial charge in [0, 0.05) is 17.6 Å². The molecule has 0 spiro atoms. The van der Waals surface area contributed by atoms with E-state index in [1.165, 1.54) is 6.07 Å². The minimum Gasteiger partial charge on any atom is -0.430 e. The van der Waals surface area contributed by atoms with Gasteiger partial charge in [0.1, 0.15) is 11.2 Å². The van der Waals surface area contributed by atoms with E-state index in [0.29, 0.717) is 22.9 Å². The van der Waals surface area contributed by atoms with Crippen molar-refractivity contribution in [1.29, 1.82) is 5.26 Å². The number of aliphatic hydroxyl groups excluding tert-OH is 2. The summed E-state index contributed by atoms with van der Waals surface area (Å²) in [5.74, 6) is -1.21. The molecule has 0 bridgehead atoms. The average molecular weight is 564 g/mol. The summed E-state index contributed by atoms with van der Waals surface area (Å²) in [4.78, 5) is 12.8. The van der Waals surface area contributed by atoms with E-state index in [1.807, 2.05) is 0 Å². The van der Waals surface area contributed by atoms with Gasteiger partial charge in [-0.1, -0.05) is 73.2 Å². The van der Waals surface area contributed by atoms with Crippen molar-refractivity contribution in [2.24, 2.45) is 5.92 Å². The average Bonchev–Trinajstić information content (AvgIpc) is 3.52. The number of nitriles is 1. The molecule has 1 saturated heterocycles. The maximum absolute atomic E-state index is 15.6. The van der Waals surface area contributed by atoms with Crippen molar-refractivity contribution >= 4 is 29.3 Å². The van der Waals surface area contributed by atoms with Gasteiger partial charge in [0.2, 0.25) is 0 Å². The summed E-state index contributed by atoms with van der Waals surface area (Å²) in [6.07, 6.45) is 2.29. The van der Waals surface area contributed by atoms with Crippen molar-refractivity contribution in [1.82, 2.24) is 10.6 Å². The third kappa shape index (κ3) is 5.93. The fraction of sp³-hybridized carbons (Fsp3) is 0.500. The predicted molar refractivity (Wildman–Crippen MR) is 142 cm³/mol. The van der Waals surface area contributed by atoms with E-state index in [4.69, 9.17) is 33.0 Å². The summed E-state index contributed by atoms with van der Waals surface area (Å²) in [7, 11) is 0. The molecule has 0 unspecified atom stereocenters. The van der Waals surface area contributed by atoms with Crippen LogP contribution in [0, 0.1) is 23.1 Å². The van der Waals surface area contributed by atoms with Crippen LogP contribution in [0.25, 0.3) is 0 Å². The Morgan fingerprint density at radius 3 is 2.61 bits per heavy atom. The van der Waals surface area contributed by atoms with E-state index in [1.54, 1.807) is 36.4 Å². The van der Waals surface area contributed by atoms with Gasteiger partial charge < -0.3 is 20.3 Å². The number of ether oxygens (including phenoxy) is 1. The number of nitrogens with one attached hydrogen (secondary N) is 2. The van der Waals surface area contributed by atoms with Crippen molar-refractivity contribution in [2.75, 3.05) is 13.2 Å². The van der Waals surface area contributed by atoms with Gasteiger partial charge in [0.05, 0.1) is 29.7 Å². The van der Waals surface area contributed by atoms with Crippen molar-refractivity contribution in [3.05, 3.63) is 69.5 Å². The molecule has 4 N–H and O–H groups in total. The van der Waals surface area contributed by atoms with E-state index in [9.17, 15) is 15.2 Å². The summed E-state index contributed by atoms with van der Waals surface area (Å²) >= 11 is 12.3. The zero-order valence-corrected chi connectivity index (χ0v) is 22.4. The predicted octanol–water partition coefficient (Wildman–Crippen LogP) is 5.03. The number of nitrogens with zero attached hydrogens (tertiary/aromatic N) is 1. The summed E-state index contributed by atoms with van der Waals surface area (Å²) < 4.78 is 21.4. The molecular weight excluding hydrogens is 532 g/mol. The topological polar surface area (TPSA) is 115 Å². The van der Waals surface area contributed by atoms with Crippen LogP contribution in [0.15, 0.2) is 42.5 Å². The Bertz CT molecular complexity index is 1160. The standard InChI is InChI=1S/C28H32Cl2FN3O4/c29-19-10-8-18(9-11-19)28(16-32)23(14-17-4-1-2-5-17)34-26(38-27(37)33-13-12-20(36)15-35)24(28)21-6-3-7-22(30)25(21)31/h3,6-11,17,20,23-24,26,34-36H,1-2,4-5,12-15H2,(H,33,37)/t20-,23-,24-,26+,28-/m0/s1. The van der Waals surface area contributed by atoms with Gasteiger partial charge in [-0.25, -0.2) is 9.18 Å². The van der Waals surface area contributed by atoms with Crippen molar-refractivity contribution in [3.8, 4) is 6.07 Å². The first kappa shape index (κ1) is 28.6. The lowest BCUT2D eigenvalue weighted by Gasteiger charge is -2.35. The van der Waals surface area contributed by atoms with Gasteiger partial charge in [-0.15, -0.1) is 0 Å². The molecule has 1 saturated carbocycles. The van der Waals surface area contributed by atoms with Crippen LogP contribution < -0.4 is 10.6 Å². The van der Waals surface area contributed by atoms with Gasteiger partial charge in [-0.2, -0.15) is 5.26 Å². The zero-order chi connectivity index (χ0) is 27.3. The third-order valence-corrected chi connectivity index (χ3v) is 8.31. The first-order chi connectivity index (χ1) is 18.3. The van der Waals surface area contributed by atoms with Gasteiger partial charge in [-0.05, 0) is 48.1 Å². The van der Waals surface area contributed by atoms with Crippen molar-refractivity contribution in [2.45, 2.75) is 68.2 Å². The largest absolute Gasteiger partial charge is 0.430 e. The van der Waals surface area contributed by atoms with Crippen LogP contribution in [0.2, 0.25) is 10.0 Å². The number of halogens is 3. The van der Waals surface area contributed by atoms with Gasteiger partial charge in [-0.3, -0.25) is 5.32 Å². The third-order valence-electron chi connectivity index (χ3n) is 7.77. The maximum atomic E-state index is 15.6. The molecule has 10 heteroatoms. The fourth-order valence-electron chi connectivity index (χ4n) is 5.89. The highest BCUT2D eigenvalue weighted by molar-refractivity contribution is 6.31. The Morgan fingerprint density at radius 1 is 1.24 bits per heavy atom. The van der Waals surface area contributed by atoms with Crippen LogP contribution in [0.5, 0.6) is 0 Å². The molecule has 1 aliphatic heterocycles. The molecule has 0 radical (unpaired) electrons. The van der Waals surface area contributed by atoms with Crippen molar-refractivity contribution in [3.63, 3.8) is 0 Å². The number of carbonyl (C=O) groups excluding carboxylic acids is 1. The lowest BCUT2D eigenvalue weighted by atomic mass is 9.65. The van der Waals surface area contributed by atoms with Crippen LogP contribution in [0.4, 0.5) is 9.18 Å². The number of carbonyl (C=O) groups is 1. The molecule has 2 aromatic rings. The van der Waals surface area contributed by atoms with Crippen LogP contribution in [-0.4, -0.2) is 47.8 Å². The monoisotopic (exact) mass is 563 g/mol. The van der Waals surface area contributed by atoms with E-state index in [0.717, 1.165) is 25.7 Å². The Hall–Kier alpha value is -2.41. The second-order valence-electron chi connectivity index (χ2n) is 10.1. The molecular formula is C28H32Cl2FN3O4. The van der Waals surface area contributed by atoms with Crippen LogP contribution >= 0.6 is 23.2 Å². The van der Waals surface area contributed by atoms with Gasteiger partial charge >= 0.3 is 6.09 Å². The summed E-state index contributed by atoms with van der Waals surface area (Å²) in [6.45, 7) is -0.360. The minimum atomic E-state index is -1.29. The molecule has 0 aromatic heterocycles. The van der Waals surface area contributed by atoms with Gasteiger partial charge in [0.15, 0.2) is 6.23 Å². The van der Waals surface area contributed by atoms with E-state index in [2.05, 4.69) is 16.7 Å². The van der Waals surface area contributed by atoms with Crippen LogP contribution in [0.1, 0.15) is 55.6 Å². The molecule has 5 atom stereocenters. The molecule has 1 aliphatic carbocycles.